The molecule has 0 aliphatic carbocycles. The molecule has 2 aliphatic rings. The van der Waals surface area contributed by atoms with Gasteiger partial charge in [-0.05, 0) is 6.07 Å². The van der Waals surface area contributed by atoms with E-state index in [0.717, 1.165) is 51.6 Å². The maximum absolute atomic E-state index is 11.0. The smallest absolute Gasteiger partial charge is 0.337 e. The van der Waals surface area contributed by atoms with Crippen LogP contribution in [-0.4, -0.2) is 70.9 Å². The first kappa shape index (κ1) is 13.6. The summed E-state index contributed by atoms with van der Waals surface area (Å²) in [5.41, 5.74) is 1.43. The Labute approximate surface area is 118 Å². The van der Waals surface area contributed by atoms with E-state index in [9.17, 15) is 4.79 Å². The number of hydrogen-bond acceptors (Lipinski definition) is 4. The molecule has 3 rings (SSSR count). The largest absolute Gasteiger partial charge is 0.478 e. The number of aromatic carboxylic acids is 1. The molecule has 2 saturated heterocycles. The van der Waals surface area contributed by atoms with Crippen LogP contribution in [-0.2, 0) is 18.3 Å². The third kappa shape index (κ3) is 2.72. The molecule has 6 nitrogen and oxygen atoms in total. The van der Waals surface area contributed by atoms with Crippen LogP contribution in [0.4, 0.5) is 0 Å². The van der Waals surface area contributed by atoms with Crippen LogP contribution in [0.15, 0.2) is 12.3 Å². The standard InChI is InChI=1S/C14H21N3O3/c1-15-7-11(14(18)19)6-12(15)8-16-2-4-17(5-3-16)13-9-20-10-13/h6-7,13H,2-5,8-10H2,1H3,(H,18,19). The van der Waals surface area contributed by atoms with Crippen molar-refractivity contribution in [3.63, 3.8) is 0 Å². The van der Waals surface area contributed by atoms with Crippen molar-refractivity contribution in [2.45, 2.75) is 12.6 Å². The van der Waals surface area contributed by atoms with Crippen molar-refractivity contribution >= 4 is 5.97 Å². The Morgan fingerprint density at radius 2 is 2.05 bits per heavy atom. The summed E-state index contributed by atoms with van der Waals surface area (Å²) in [4.78, 5) is 15.9. The lowest BCUT2D eigenvalue weighted by molar-refractivity contribution is -0.0775. The second kappa shape index (κ2) is 5.55. The number of nitrogens with zero attached hydrogens (tertiary/aromatic N) is 3. The highest BCUT2D eigenvalue weighted by Gasteiger charge is 2.28. The number of aryl methyl sites for hydroxylation is 1. The van der Waals surface area contributed by atoms with Crippen molar-refractivity contribution < 1.29 is 14.6 Å². The van der Waals surface area contributed by atoms with Crippen LogP contribution in [0.25, 0.3) is 0 Å². The third-order valence-corrected chi connectivity index (χ3v) is 4.28. The Bertz CT molecular complexity index is 488. The number of ether oxygens (including phenoxy) is 1. The van der Waals surface area contributed by atoms with Crippen molar-refractivity contribution in [1.29, 1.82) is 0 Å². The topological polar surface area (TPSA) is 57.9 Å². The Morgan fingerprint density at radius 3 is 2.55 bits per heavy atom. The van der Waals surface area contributed by atoms with Crippen molar-refractivity contribution in [3.8, 4) is 0 Å². The average Bonchev–Trinajstić information content (AvgIpc) is 2.72. The molecular formula is C14H21N3O3. The number of aromatic nitrogens is 1. The van der Waals surface area contributed by atoms with Gasteiger partial charge >= 0.3 is 5.97 Å². The van der Waals surface area contributed by atoms with Gasteiger partial charge in [-0.15, -0.1) is 0 Å². The van der Waals surface area contributed by atoms with Crippen LogP contribution in [0.5, 0.6) is 0 Å². The Kier molecular flexibility index (Phi) is 3.78. The predicted octanol–water partition coefficient (Wildman–Crippen LogP) is 0.240. The maximum atomic E-state index is 11.0. The molecule has 1 aromatic rings. The van der Waals surface area contributed by atoms with E-state index >= 15 is 0 Å². The van der Waals surface area contributed by atoms with Crippen LogP contribution < -0.4 is 0 Å². The number of carbonyl (C=O) groups is 1. The zero-order valence-electron chi connectivity index (χ0n) is 11.8. The van der Waals surface area contributed by atoms with Gasteiger partial charge in [0.2, 0.25) is 0 Å². The molecule has 0 atom stereocenters. The second-order valence-corrected chi connectivity index (χ2v) is 5.64. The van der Waals surface area contributed by atoms with Gasteiger partial charge in [0.1, 0.15) is 0 Å². The van der Waals surface area contributed by atoms with E-state index in [0.29, 0.717) is 11.6 Å². The number of piperazine rings is 1. The first-order valence-corrected chi connectivity index (χ1v) is 7.06. The van der Waals surface area contributed by atoms with Crippen LogP contribution in [0, 0.1) is 0 Å². The minimum Gasteiger partial charge on any atom is -0.478 e. The summed E-state index contributed by atoms with van der Waals surface area (Å²) in [6.45, 7) is 6.78. The molecule has 2 aliphatic heterocycles. The average molecular weight is 279 g/mol. The minimum atomic E-state index is -0.860. The lowest BCUT2D eigenvalue weighted by Gasteiger charge is -2.42. The molecule has 0 aromatic carbocycles. The molecule has 0 spiro atoms. The van der Waals surface area contributed by atoms with Gasteiger partial charge in [0.05, 0.1) is 24.8 Å². The van der Waals surface area contributed by atoms with Gasteiger partial charge in [0, 0.05) is 51.7 Å². The molecule has 1 aromatic heterocycles. The summed E-state index contributed by atoms with van der Waals surface area (Å²) in [5, 5.41) is 9.01. The lowest BCUT2D eigenvalue weighted by Crippen LogP contribution is -2.56. The predicted molar refractivity (Wildman–Crippen MR) is 73.8 cm³/mol. The Balaban J connectivity index is 1.55. The van der Waals surface area contributed by atoms with E-state index in [1.165, 1.54) is 0 Å². The first-order chi connectivity index (χ1) is 9.63. The summed E-state index contributed by atoms with van der Waals surface area (Å²) in [7, 11) is 1.91. The molecule has 110 valence electrons. The normalized spacial score (nSPS) is 21.9. The fourth-order valence-electron chi connectivity index (χ4n) is 2.83. The van der Waals surface area contributed by atoms with Crippen molar-refractivity contribution in [2.24, 2.45) is 7.05 Å². The molecule has 0 saturated carbocycles. The van der Waals surface area contributed by atoms with E-state index in [1.807, 2.05) is 11.6 Å². The van der Waals surface area contributed by atoms with Gasteiger partial charge in [-0.1, -0.05) is 0 Å². The Morgan fingerprint density at radius 1 is 1.35 bits per heavy atom. The number of carboxylic acids is 1. The molecule has 0 bridgehead atoms. The van der Waals surface area contributed by atoms with Crippen molar-refractivity contribution in [2.75, 3.05) is 39.4 Å². The van der Waals surface area contributed by atoms with Gasteiger partial charge in [-0.3, -0.25) is 9.80 Å². The third-order valence-electron chi connectivity index (χ3n) is 4.28. The van der Waals surface area contributed by atoms with Gasteiger partial charge in [-0.2, -0.15) is 0 Å². The molecule has 6 heteroatoms. The highest BCUT2D eigenvalue weighted by atomic mass is 16.5. The zero-order valence-corrected chi connectivity index (χ0v) is 11.8. The Hall–Kier alpha value is -1.37. The van der Waals surface area contributed by atoms with Gasteiger partial charge in [0.25, 0.3) is 0 Å². The summed E-state index contributed by atoms with van der Waals surface area (Å²) in [6.07, 6.45) is 1.68. The molecule has 1 N–H and O–H groups in total. The number of rotatable bonds is 4. The second-order valence-electron chi connectivity index (χ2n) is 5.64. The lowest BCUT2D eigenvalue weighted by atomic mass is 10.2. The van der Waals surface area contributed by atoms with E-state index in [-0.39, 0.29) is 0 Å². The molecule has 0 radical (unpaired) electrons. The van der Waals surface area contributed by atoms with Gasteiger partial charge in [-0.25, -0.2) is 4.79 Å². The van der Waals surface area contributed by atoms with E-state index < -0.39 is 5.97 Å². The van der Waals surface area contributed by atoms with Crippen LogP contribution in [0.1, 0.15) is 16.1 Å². The highest BCUT2D eigenvalue weighted by molar-refractivity contribution is 5.87. The number of hydrogen-bond donors (Lipinski definition) is 1. The fourth-order valence-corrected chi connectivity index (χ4v) is 2.83. The van der Waals surface area contributed by atoms with Crippen LogP contribution in [0.3, 0.4) is 0 Å². The van der Waals surface area contributed by atoms with Gasteiger partial charge in [0.15, 0.2) is 0 Å². The quantitative estimate of drug-likeness (QED) is 0.855. The van der Waals surface area contributed by atoms with Crippen LogP contribution in [0.2, 0.25) is 0 Å². The summed E-state index contributed by atoms with van der Waals surface area (Å²) in [5.74, 6) is -0.860. The van der Waals surface area contributed by atoms with E-state index in [1.54, 1.807) is 12.3 Å². The van der Waals surface area contributed by atoms with E-state index in [4.69, 9.17) is 9.84 Å². The molecule has 20 heavy (non-hydrogen) atoms. The SMILES string of the molecule is Cn1cc(C(=O)O)cc1CN1CCN(C2COC2)CC1. The van der Waals surface area contributed by atoms with Crippen molar-refractivity contribution in [3.05, 3.63) is 23.5 Å². The summed E-state index contributed by atoms with van der Waals surface area (Å²) >= 11 is 0. The highest BCUT2D eigenvalue weighted by Crippen LogP contribution is 2.16. The monoisotopic (exact) mass is 279 g/mol. The fraction of sp³-hybridized carbons (Fsp3) is 0.643. The zero-order chi connectivity index (χ0) is 14.1. The summed E-state index contributed by atoms with van der Waals surface area (Å²) in [6, 6.07) is 2.39. The summed E-state index contributed by atoms with van der Waals surface area (Å²) < 4.78 is 7.15. The molecular weight excluding hydrogens is 258 g/mol. The molecule has 3 heterocycles. The minimum absolute atomic E-state index is 0.368. The first-order valence-electron chi connectivity index (χ1n) is 7.06. The molecule has 2 fully saturated rings. The number of carboxylic acid groups (broad SMARTS) is 1. The molecule has 0 unspecified atom stereocenters. The van der Waals surface area contributed by atoms with Crippen LogP contribution >= 0.6 is 0 Å². The maximum Gasteiger partial charge on any atom is 0.337 e. The van der Waals surface area contributed by atoms with Gasteiger partial charge < -0.3 is 14.4 Å². The molecule has 0 amide bonds. The van der Waals surface area contributed by atoms with Crippen molar-refractivity contribution in [1.82, 2.24) is 14.4 Å². The van der Waals surface area contributed by atoms with E-state index in [2.05, 4.69) is 9.80 Å².